The molecular formula is C14H16F2N4O. The monoisotopic (exact) mass is 294 g/mol. The van der Waals surface area contributed by atoms with Gasteiger partial charge in [0, 0.05) is 12.1 Å². The fraction of sp³-hybridized carbons (Fsp3) is 0.357. The maximum Gasteiger partial charge on any atom is 0.254 e. The Morgan fingerprint density at radius 1 is 1.29 bits per heavy atom. The molecule has 2 rings (SSSR count). The van der Waals surface area contributed by atoms with Crippen LogP contribution in [0.3, 0.4) is 0 Å². The van der Waals surface area contributed by atoms with Gasteiger partial charge in [-0.25, -0.2) is 18.4 Å². The van der Waals surface area contributed by atoms with Gasteiger partial charge in [-0.1, -0.05) is 0 Å². The summed E-state index contributed by atoms with van der Waals surface area (Å²) in [6, 6.07) is 1.47. The number of rotatable bonds is 4. The molecule has 1 amide bonds. The van der Waals surface area contributed by atoms with Crippen molar-refractivity contribution >= 4 is 5.91 Å². The molecule has 0 radical (unpaired) electrons. The van der Waals surface area contributed by atoms with Crippen LogP contribution >= 0.6 is 0 Å². The number of carbonyl (C=O) groups is 1. The van der Waals surface area contributed by atoms with E-state index >= 15 is 0 Å². The SMILES string of the molecule is Cc1cc(C(=O)NC(C)C(C)n2cncn2)c(F)cc1F. The Balaban J connectivity index is 2.13. The first kappa shape index (κ1) is 15.1. The molecule has 1 aromatic carbocycles. The van der Waals surface area contributed by atoms with Crippen molar-refractivity contribution in [1.29, 1.82) is 0 Å². The third-order valence-electron chi connectivity index (χ3n) is 3.43. The number of aromatic nitrogens is 3. The molecule has 1 heterocycles. The maximum absolute atomic E-state index is 13.7. The molecule has 1 N–H and O–H groups in total. The van der Waals surface area contributed by atoms with Crippen molar-refractivity contribution in [3.05, 3.63) is 47.5 Å². The number of hydrogen-bond donors (Lipinski definition) is 1. The standard InChI is InChI=1S/C14H16F2N4O/c1-8-4-11(13(16)5-12(8)15)14(21)19-9(2)10(3)20-7-17-6-18-20/h4-7,9-10H,1-3H3,(H,19,21). The first-order chi connectivity index (χ1) is 9.90. The summed E-state index contributed by atoms with van der Waals surface area (Å²) < 4.78 is 28.5. The molecule has 0 saturated heterocycles. The minimum Gasteiger partial charge on any atom is -0.347 e. The van der Waals surface area contributed by atoms with Gasteiger partial charge in [0.2, 0.25) is 0 Å². The van der Waals surface area contributed by atoms with E-state index in [-0.39, 0.29) is 23.2 Å². The third kappa shape index (κ3) is 3.24. The molecule has 0 aliphatic rings. The van der Waals surface area contributed by atoms with E-state index in [1.54, 1.807) is 11.6 Å². The number of nitrogens with one attached hydrogen (secondary N) is 1. The second-order valence-corrected chi connectivity index (χ2v) is 4.96. The average Bonchev–Trinajstić information content (AvgIpc) is 2.95. The molecule has 0 bridgehead atoms. The lowest BCUT2D eigenvalue weighted by Crippen LogP contribution is -2.38. The number of hydrogen-bond acceptors (Lipinski definition) is 3. The molecule has 0 spiro atoms. The number of aryl methyl sites for hydroxylation is 1. The predicted molar refractivity (Wildman–Crippen MR) is 72.8 cm³/mol. The number of nitrogens with zero attached hydrogens (tertiary/aromatic N) is 3. The molecule has 21 heavy (non-hydrogen) atoms. The van der Waals surface area contributed by atoms with E-state index in [4.69, 9.17) is 0 Å². The number of benzene rings is 1. The third-order valence-corrected chi connectivity index (χ3v) is 3.43. The molecule has 0 aliphatic heterocycles. The fourth-order valence-corrected chi connectivity index (χ4v) is 1.89. The zero-order valence-corrected chi connectivity index (χ0v) is 12.0. The molecule has 7 heteroatoms. The molecule has 1 aromatic heterocycles. The topological polar surface area (TPSA) is 59.8 Å². The Morgan fingerprint density at radius 2 is 2.00 bits per heavy atom. The van der Waals surface area contributed by atoms with Gasteiger partial charge in [-0.15, -0.1) is 0 Å². The van der Waals surface area contributed by atoms with Crippen molar-refractivity contribution in [2.24, 2.45) is 0 Å². The highest BCUT2D eigenvalue weighted by molar-refractivity contribution is 5.94. The van der Waals surface area contributed by atoms with E-state index in [2.05, 4.69) is 15.4 Å². The minimum absolute atomic E-state index is 0.152. The lowest BCUT2D eigenvalue weighted by atomic mass is 10.1. The van der Waals surface area contributed by atoms with Crippen LogP contribution in [-0.4, -0.2) is 26.7 Å². The highest BCUT2D eigenvalue weighted by atomic mass is 19.1. The zero-order chi connectivity index (χ0) is 15.6. The molecule has 0 fully saturated rings. The highest BCUT2D eigenvalue weighted by Gasteiger charge is 2.20. The largest absolute Gasteiger partial charge is 0.347 e. The highest BCUT2D eigenvalue weighted by Crippen LogP contribution is 2.15. The molecule has 2 unspecified atom stereocenters. The summed E-state index contributed by atoms with van der Waals surface area (Å²) in [4.78, 5) is 15.9. The fourth-order valence-electron chi connectivity index (χ4n) is 1.89. The molecule has 2 atom stereocenters. The molecular weight excluding hydrogens is 278 g/mol. The second-order valence-electron chi connectivity index (χ2n) is 4.96. The van der Waals surface area contributed by atoms with Crippen LogP contribution in [0.2, 0.25) is 0 Å². The van der Waals surface area contributed by atoms with Gasteiger partial charge in [0.1, 0.15) is 24.3 Å². The van der Waals surface area contributed by atoms with Gasteiger partial charge in [-0.05, 0) is 32.4 Å². The lowest BCUT2D eigenvalue weighted by Gasteiger charge is -2.21. The Hall–Kier alpha value is -2.31. The molecule has 5 nitrogen and oxygen atoms in total. The lowest BCUT2D eigenvalue weighted by molar-refractivity contribution is 0.0924. The molecule has 0 aliphatic carbocycles. The van der Waals surface area contributed by atoms with Crippen LogP contribution in [-0.2, 0) is 0 Å². The van der Waals surface area contributed by atoms with E-state index in [1.165, 1.54) is 25.6 Å². The van der Waals surface area contributed by atoms with Crippen LogP contribution < -0.4 is 5.32 Å². The van der Waals surface area contributed by atoms with E-state index in [0.29, 0.717) is 0 Å². The van der Waals surface area contributed by atoms with Crippen LogP contribution in [0.25, 0.3) is 0 Å². The maximum atomic E-state index is 13.7. The first-order valence-corrected chi connectivity index (χ1v) is 6.50. The van der Waals surface area contributed by atoms with Gasteiger partial charge in [0.25, 0.3) is 5.91 Å². The van der Waals surface area contributed by atoms with Crippen LogP contribution in [0.15, 0.2) is 24.8 Å². The Kier molecular flexibility index (Phi) is 4.30. The van der Waals surface area contributed by atoms with Crippen molar-refractivity contribution in [3.8, 4) is 0 Å². The van der Waals surface area contributed by atoms with Crippen LogP contribution in [0, 0.1) is 18.6 Å². The average molecular weight is 294 g/mol. The summed E-state index contributed by atoms with van der Waals surface area (Å²) in [5.74, 6) is -2.14. The van der Waals surface area contributed by atoms with Crippen LogP contribution in [0.4, 0.5) is 8.78 Å². The summed E-state index contributed by atoms with van der Waals surface area (Å²) in [5, 5.41) is 6.67. The van der Waals surface area contributed by atoms with Crippen molar-refractivity contribution in [3.63, 3.8) is 0 Å². The van der Waals surface area contributed by atoms with Gasteiger partial charge in [-0.2, -0.15) is 5.10 Å². The minimum atomic E-state index is -0.879. The van der Waals surface area contributed by atoms with Crippen molar-refractivity contribution in [1.82, 2.24) is 20.1 Å². The number of carbonyl (C=O) groups excluding carboxylic acids is 1. The summed E-state index contributed by atoms with van der Waals surface area (Å²) in [5.41, 5.74) is 0.0464. The Morgan fingerprint density at radius 3 is 2.62 bits per heavy atom. The quantitative estimate of drug-likeness (QED) is 0.940. The van der Waals surface area contributed by atoms with Crippen LogP contribution in [0.1, 0.15) is 35.8 Å². The molecule has 0 saturated carbocycles. The normalized spacial score (nSPS) is 13.8. The van der Waals surface area contributed by atoms with E-state index in [9.17, 15) is 13.6 Å². The summed E-state index contributed by atoms with van der Waals surface area (Å²) in [6.45, 7) is 5.11. The summed E-state index contributed by atoms with van der Waals surface area (Å²) in [7, 11) is 0. The Bertz CT molecular complexity index is 643. The van der Waals surface area contributed by atoms with Crippen molar-refractivity contribution in [2.45, 2.75) is 32.9 Å². The van der Waals surface area contributed by atoms with E-state index in [0.717, 1.165) is 6.07 Å². The summed E-state index contributed by atoms with van der Waals surface area (Å²) >= 11 is 0. The van der Waals surface area contributed by atoms with E-state index < -0.39 is 17.5 Å². The number of amides is 1. The van der Waals surface area contributed by atoms with Crippen molar-refractivity contribution < 1.29 is 13.6 Å². The second kappa shape index (κ2) is 5.99. The number of halogens is 2. The first-order valence-electron chi connectivity index (χ1n) is 6.50. The van der Waals surface area contributed by atoms with Crippen molar-refractivity contribution in [2.75, 3.05) is 0 Å². The zero-order valence-electron chi connectivity index (χ0n) is 12.0. The van der Waals surface area contributed by atoms with E-state index in [1.807, 2.05) is 6.92 Å². The smallest absolute Gasteiger partial charge is 0.254 e. The van der Waals surface area contributed by atoms with Gasteiger partial charge in [0.05, 0.1) is 11.6 Å². The van der Waals surface area contributed by atoms with Gasteiger partial charge < -0.3 is 5.32 Å². The predicted octanol–water partition coefficient (Wildman–Crippen LogP) is 2.24. The van der Waals surface area contributed by atoms with Gasteiger partial charge in [-0.3, -0.25) is 4.79 Å². The van der Waals surface area contributed by atoms with Gasteiger partial charge >= 0.3 is 0 Å². The molecule has 2 aromatic rings. The van der Waals surface area contributed by atoms with Crippen LogP contribution in [0.5, 0.6) is 0 Å². The molecule has 112 valence electrons. The Labute approximate surface area is 121 Å². The van der Waals surface area contributed by atoms with Gasteiger partial charge in [0.15, 0.2) is 0 Å². The summed E-state index contributed by atoms with van der Waals surface area (Å²) in [6.07, 6.45) is 2.93.